The van der Waals surface area contributed by atoms with E-state index in [0.29, 0.717) is 5.76 Å². The standard InChI is InChI=1S/C11H13BrClFO/c1-5-11(15-7(2)3)9(13)6-10(14)8(4)12/h5-7H,1,4H2,2-3H3/b10-6+,11-9-. The van der Waals surface area contributed by atoms with Gasteiger partial charge >= 0.3 is 0 Å². The molecule has 0 aromatic rings. The molecular formula is C11H13BrClFO. The molecule has 0 rings (SSSR count). The van der Waals surface area contributed by atoms with Crippen molar-refractivity contribution in [2.45, 2.75) is 20.0 Å². The Bertz CT molecular complexity index is 319. The summed E-state index contributed by atoms with van der Waals surface area (Å²) in [5.74, 6) is -0.206. The lowest BCUT2D eigenvalue weighted by molar-refractivity contribution is 0.157. The molecule has 1 nitrogen and oxygen atoms in total. The highest BCUT2D eigenvalue weighted by Crippen LogP contribution is 2.22. The molecule has 0 unspecified atom stereocenters. The van der Waals surface area contributed by atoms with Gasteiger partial charge in [-0.1, -0.05) is 24.8 Å². The number of halogens is 3. The second-order valence-corrected chi connectivity index (χ2v) is 4.34. The van der Waals surface area contributed by atoms with Crippen LogP contribution in [0.15, 0.2) is 46.4 Å². The van der Waals surface area contributed by atoms with Crippen molar-refractivity contribution in [1.29, 1.82) is 0 Å². The molecule has 0 aliphatic carbocycles. The van der Waals surface area contributed by atoms with E-state index in [1.54, 1.807) is 0 Å². The summed E-state index contributed by atoms with van der Waals surface area (Å²) < 4.78 is 18.6. The smallest absolute Gasteiger partial charge is 0.138 e. The molecule has 0 bridgehead atoms. The molecule has 84 valence electrons. The van der Waals surface area contributed by atoms with Crippen molar-refractivity contribution in [1.82, 2.24) is 0 Å². The van der Waals surface area contributed by atoms with E-state index in [4.69, 9.17) is 16.3 Å². The zero-order valence-electron chi connectivity index (χ0n) is 8.69. The number of hydrogen-bond donors (Lipinski definition) is 0. The Morgan fingerprint density at radius 2 is 2.07 bits per heavy atom. The fourth-order valence-corrected chi connectivity index (χ4v) is 1.05. The molecule has 0 atom stereocenters. The third kappa shape index (κ3) is 5.80. The summed E-state index contributed by atoms with van der Waals surface area (Å²) >= 11 is 8.74. The third-order valence-corrected chi connectivity index (χ3v) is 1.97. The summed E-state index contributed by atoms with van der Waals surface area (Å²) in [5.41, 5.74) is 0. The molecule has 0 heterocycles. The van der Waals surface area contributed by atoms with Crippen molar-refractivity contribution in [2.75, 3.05) is 0 Å². The summed E-state index contributed by atoms with van der Waals surface area (Å²) in [4.78, 5) is 0. The Kier molecular flexibility index (Phi) is 6.61. The molecule has 4 heteroatoms. The lowest BCUT2D eigenvalue weighted by Gasteiger charge is -2.11. The zero-order chi connectivity index (χ0) is 12.0. The lowest BCUT2D eigenvalue weighted by Crippen LogP contribution is -2.01. The van der Waals surface area contributed by atoms with Crippen LogP contribution in [0.1, 0.15) is 13.8 Å². The van der Waals surface area contributed by atoms with Crippen molar-refractivity contribution in [3.05, 3.63) is 46.4 Å². The molecule has 0 fully saturated rings. The molecule has 0 aliphatic heterocycles. The van der Waals surface area contributed by atoms with Crippen LogP contribution < -0.4 is 0 Å². The van der Waals surface area contributed by atoms with Crippen molar-refractivity contribution >= 4 is 27.5 Å². The highest BCUT2D eigenvalue weighted by Gasteiger charge is 2.05. The molecular weight excluding hydrogens is 282 g/mol. The normalized spacial score (nSPS) is 13.6. The maximum absolute atomic E-state index is 13.1. The van der Waals surface area contributed by atoms with Gasteiger partial charge in [-0.2, -0.15) is 0 Å². The first-order valence-corrected chi connectivity index (χ1v) is 5.46. The predicted octanol–water partition coefficient (Wildman–Crippen LogP) is 4.81. The average molecular weight is 296 g/mol. The van der Waals surface area contributed by atoms with Gasteiger partial charge in [0.2, 0.25) is 0 Å². The van der Waals surface area contributed by atoms with Crippen LogP contribution in [-0.2, 0) is 4.74 Å². The van der Waals surface area contributed by atoms with E-state index in [1.165, 1.54) is 6.08 Å². The predicted molar refractivity (Wildman–Crippen MR) is 66.6 cm³/mol. The van der Waals surface area contributed by atoms with E-state index in [1.807, 2.05) is 13.8 Å². The molecule has 0 saturated carbocycles. The van der Waals surface area contributed by atoms with Crippen LogP contribution in [0, 0.1) is 0 Å². The highest BCUT2D eigenvalue weighted by molar-refractivity contribution is 9.11. The van der Waals surface area contributed by atoms with E-state index >= 15 is 0 Å². The summed E-state index contributed by atoms with van der Waals surface area (Å²) in [6, 6.07) is 0. The van der Waals surface area contributed by atoms with Gasteiger partial charge in [-0.25, -0.2) is 4.39 Å². The molecule has 0 spiro atoms. The molecule has 0 aliphatic rings. The highest BCUT2D eigenvalue weighted by atomic mass is 79.9. The minimum Gasteiger partial charge on any atom is -0.489 e. The van der Waals surface area contributed by atoms with Crippen LogP contribution in [0.2, 0.25) is 0 Å². The molecule has 0 saturated heterocycles. The van der Waals surface area contributed by atoms with Crippen LogP contribution in [0.4, 0.5) is 4.39 Å². The fourth-order valence-electron chi connectivity index (χ4n) is 0.717. The Morgan fingerprint density at radius 3 is 2.40 bits per heavy atom. The minimum absolute atomic E-state index is 0.0459. The number of rotatable bonds is 5. The van der Waals surface area contributed by atoms with Crippen molar-refractivity contribution in [2.24, 2.45) is 0 Å². The largest absolute Gasteiger partial charge is 0.489 e. The first-order chi connectivity index (χ1) is 6.88. The quantitative estimate of drug-likeness (QED) is 0.522. The monoisotopic (exact) mass is 294 g/mol. The molecule has 15 heavy (non-hydrogen) atoms. The number of allylic oxidation sites excluding steroid dienone is 5. The van der Waals surface area contributed by atoms with Gasteiger partial charge in [0.05, 0.1) is 11.1 Å². The Balaban J connectivity index is 4.96. The third-order valence-electron chi connectivity index (χ3n) is 1.30. The first kappa shape index (κ1) is 14.5. The zero-order valence-corrected chi connectivity index (χ0v) is 11.0. The van der Waals surface area contributed by atoms with Crippen LogP contribution in [0.25, 0.3) is 0 Å². The maximum atomic E-state index is 13.1. The molecule has 0 N–H and O–H groups in total. The van der Waals surface area contributed by atoms with Crippen LogP contribution in [-0.4, -0.2) is 6.10 Å². The minimum atomic E-state index is -0.549. The second kappa shape index (κ2) is 6.85. The molecule has 0 aromatic carbocycles. The molecule has 0 amide bonds. The van der Waals surface area contributed by atoms with Gasteiger partial charge in [0, 0.05) is 4.48 Å². The second-order valence-electron chi connectivity index (χ2n) is 2.98. The van der Waals surface area contributed by atoms with Crippen molar-refractivity contribution < 1.29 is 9.13 Å². The van der Waals surface area contributed by atoms with Crippen LogP contribution in [0.3, 0.4) is 0 Å². The van der Waals surface area contributed by atoms with Crippen LogP contribution >= 0.6 is 27.5 Å². The lowest BCUT2D eigenvalue weighted by atomic mass is 10.3. The molecule has 0 aromatic heterocycles. The van der Waals surface area contributed by atoms with Gasteiger partial charge in [0.1, 0.15) is 11.6 Å². The maximum Gasteiger partial charge on any atom is 0.138 e. The van der Waals surface area contributed by atoms with Gasteiger partial charge in [0.25, 0.3) is 0 Å². The van der Waals surface area contributed by atoms with Gasteiger partial charge in [-0.3, -0.25) is 0 Å². The van der Waals surface area contributed by atoms with Crippen molar-refractivity contribution in [3.63, 3.8) is 0 Å². The summed E-state index contributed by atoms with van der Waals surface area (Å²) in [6.45, 7) is 10.6. The van der Waals surface area contributed by atoms with Crippen molar-refractivity contribution in [3.8, 4) is 0 Å². The van der Waals surface area contributed by atoms with Gasteiger partial charge in [0.15, 0.2) is 0 Å². The topological polar surface area (TPSA) is 9.23 Å². The van der Waals surface area contributed by atoms with E-state index in [2.05, 4.69) is 29.1 Å². The Morgan fingerprint density at radius 1 is 1.53 bits per heavy atom. The van der Waals surface area contributed by atoms with E-state index in [-0.39, 0.29) is 15.6 Å². The number of ether oxygens (including phenoxy) is 1. The van der Waals surface area contributed by atoms with E-state index < -0.39 is 5.83 Å². The van der Waals surface area contributed by atoms with Crippen LogP contribution in [0.5, 0.6) is 0 Å². The average Bonchev–Trinajstić information content (AvgIpc) is 2.13. The SMILES string of the molecule is C=C/C(OC(C)C)=C(Cl)\C=C(\F)C(=C)Br. The fraction of sp³-hybridized carbons (Fsp3) is 0.273. The van der Waals surface area contributed by atoms with E-state index in [0.717, 1.165) is 6.08 Å². The summed E-state index contributed by atoms with van der Waals surface area (Å²) in [6.07, 6.45) is 2.51. The number of hydrogen-bond acceptors (Lipinski definition) is 1. The van der Waals surface area contributed by atoms with E-state index in [9.17, 15) is 4.39 Å². The van der Waals surface area contributed by atoms with Gasteiger partial charge in [-0.15, -0.1) is 0 Å². The Labute approximate surface area is 103 Å². The Hall–Kier alpha value is -0.540. The summed E-state index contributed by atoms with van der Waals surface area (Å²) in [7, 11) is 0. The van der Waals surface area contributed by atoms with Gasteiger partial charge in [-0.05, 0) is 41.9 Å². The summed E-state index contributed by atoms with van der Waals surface area (Å²) in [5, 5.41) is 0.150. The first-order valence-electron chi connectivity index (χ1n) is 4.29. The van der Waals surface area contributed by atoms with Gasteiger partial charge < -0.3 is 4.74 Å². The molecule has 0 radical (unpaired) electrons.